The number of amides is 1. The van der Waals surface area contributed by atoms with Crippen molar-refractivity contribution in [1.82, 2.24) is 9.21 Å². The number of nitrogens with zero attached hydrogens (tertiary/aromatic N) is 2. The summed E-state index contributed by atoms with van der Waals surface area (Å²) in [4.78, 5) is 14.3. The van der Waals surface area contributed by atoms with Crippen LogP contribution in [0.3, 0.4) is 0 Å². The van der Waals surface area contributed by atoms with Gasteiger partial charge in [-0.15, -0.1) is 0 Å². The molecule has 0 aromatic heterocycles. The van der Waals surface area contributed by atoms with E-state index >= 15 is 0 Å². The van der Waals surface area contributed by atoms with Crippen LogP contribution >= 0.6 is 0 Å². The number of carbonyl (C=O) groups excluding carboxylic acids is 1. The first-order chi connectivity index (χ1) is 13.4. The molecule has 2 aliphatic rings. The minimum absolute atomic E-state index is 0.122. The lowest BCUT2D eigenvalue weighted by atomic mass is 10.0. The number of ether oxygens (including phenoxy) is 1. The molecule has 0 aliphatic carbocycles. The van der Waals surface area contributed by atoms with Crippen LogP contribution in [0.5, 0.6) is 5.75 Å². The Morgan fingerprint density at radius 3 is 2.39 bits per heavy atom. The Morgan fingerprint density at radius 2 is 1.75 bits per heavy atom. The van der Waals surface area contributed by atoms with E-state index in [0.717, 1.165) is 5.56 Å². The first kappa shape index (κ1) is 18.9. The summed E-state index contributed by atoms with van der Waals surface area (Å²) in [6, 6.07) is 15.4. The highest BCUT2D eigenvalue weighted by atomic mass is 32.2. The highest BCUT2D eigenvalue weighted by molar-refractivity contribution is 7.89. The number of aliphatic hydroxyl groups excluding tert-OH is 1. The summed E-state index contributed by atoms with van der Waals surface area (Å²) < 4.78 is 32.5. The van der Waals surface area contributed by atoms with Gasteiger partial charge in [-0.3, -0.25) is 4.79 Å². The van der Waals surface area contributed by atoms with Crippen LogP contribution < -0.4 is 4.74 Å². The molecular formula is C20H22N2O5S. The van der Waals surface area contributed by atoms with E-state index in [1.54, 1.807) is 17.0 Å². The summed E-state index contributed by atoms with van der Waals surface area (Å²) in [5.74, 6) is -0.183. The number of likely N-dealkylation sites (tertiary alicyclic amines) is 1. The van der Waals surface area contributed by atoms with Gasteiger partial charge >= 0.3 is 0 Å². The normalized spacial score (nSPS) is 25.1. The molecule has 0 saturated carbocycles. The van der Waals surface area contributed by atoms with Crippen molar-refractivity contribution in [2.45, 2.75) is 23.6 Å². The molecule has 28 heavy (non-hydrogen) atoms. The number of aliphatic hydroxyl groups is 1. The van der Waals surface area contributed by atoms with Gasteiger partial charge in [-0.1, -0.05) is 30.3 Å². The monoisotopic (exact) mass is 402 g/mol. The molecule has 8 heteroatoms. The molecule has 2 aromatic rings. The maximum Gasteiger partial charge on any atom is 0.252 e. The van der Waals surface area contributed by atoms with Gasteiger partial charge in [0.2, 0.25) is 10.0 Å². The van der Waals surface area contributed by atoms with E-state index in [1.165, 1.54) is 23.5 Å². The van der Waals surface area contributed by atoms with Crippen LogP contribution in [0.15, 0.2) is 59.5 Å². The van der Waals surface area contributed by atoms with Gasteiger partial charge in [0.15, 0.2) is 0 Å². The molecule has 1 amide bonds. The lowest BCUT2D eigenvalue weighted by Crippen LogP contribution is -2.40. The largest absolute Gasteiger partial charge is 0.497 e. The highest BCUT2D eigenvalue weighted by Gasteiger charge is 2.54. The van der Waals surface area contributed by atoms with E-state index < -0.39 is 22.0 Å². The van der Waals surface area contributed by atoms with Gasteiger partial charge in [0.05, 0.1) is 18.0 Å². The molecule has 0 bridgehead atoms. The average Bonchev–Trinajstić information content (AvgIpc) is 3.25. The van der Waals surface area contributed by atoms with Crippen LogP contribution in [0, 0.1) is 5.92 Å². The molecule has 148 valence electrons. The number of hydrogen-bond donors (Lipinski definition) is 1. The summed E-state index contributed by atoms with van der Waals surface area (Å²) >= 11 is 0. The van der Waals surface area contributed by atoms with Gasteiger partial charge in [-0.2, -0.15) is 4.31 Å². The van der Waals surface area contributed by atoms with Crippen molar-refractivity contribution in [1.29, 1.82) is 0 Å². The third-order valence-corrected chi connectivity index (χ3v) is 7.38. The Balaban J connectivity index is 1.56. The lowest BCUT2D eigenvalue weighted by molar-refractivity contribution is -0.136. The standard InChI is InChI=1S/C20H22N2O5S/c1-27-15-7-9-16(10-8-15)28(25,26)21-12-17-18(13-21)22(20(24)19(17)23)11-14-5-3-2-4-6-14/h2-10,17-19,23H,11-13H2,1H3/t17-,18+,19-/m0/s1. The van der Waals surface area contributed by atoms with Crippen LogP contribution in [0.4, 0.5) is 0 Å². The zero-order valence-corrected chi connectivity index (χ0v) is 16.2. The second-order valence-corrected chi connectivity index (χ2v) is 9.06. The zero-order chi connectivity index (χ0) is 19.9. The summed E-state index contributed by atoms with van der Waals surface area (Å²) in [5.41, 5.74) is 0.945. The number of fused-ring (bicyclic) bond motifs is 1. The SMILES string of the molecule is COc1ccc(S(=O)(=O)N2C[C@@H]3[C@H](O)C(=O)N(Cc4ccccc4)[C@@H]3C2)cc1. The number of sulfonamides is 1. The molecule has 2 saturated heterocycles. The molecule has 7 nitrogen and oxygen atoms in total. The van der Waals surface area contributed by atoms with Gasteiger partial charge in [0, 0.05) is 25.6 Å². The molecule has 4 rings (SSSR count). The van der Waals surface area contributed by atoms with Crippen LogP contribution in [0.1, 0.15) is 5.56 Å². The van der Waals surface area contributed by atoms with Crippen molar-refractivity contribution in [3.8, 4) is 5.75 Å². The van der Waals surface area contributed by atoms with E-state index in [4.69, 9.17) is 4.74 Å². The van der Waals surface area contributed by atoms with Crippen molar-refractivity contribution >= 4 is 15.9 Å². The van der Waals surface area contributed by atoms with Gasteiger partial charge in [-0.25, -0.2) is 8.42 Å². The topological polar surface area (TPSA) is 87.1 Å². The summed E-state index contributed by atoms with van der Waals surface area (Å²) in [6.45, 7) is 0.653. The van der Waals surface area contributed by atoms with Gasteiger partial charge < -0.3 is 14.7 Å². The first-order valence-electron chi connectivity index (χ1n) is 9.08. The molecule has 2 heterocycles. The quantitative estimate of drug-likeness (QED) is 0.809. The van der Waals surface area contributed by atoms with E-state index in [2.05, 4.69) is 0 Å². The third-order valence-electron chi connectivity index (χ3n) is 5.53. The van der Waals surface area contributed by atoms with Gasteiger partial charge in [0.1, 0.15) is 11.9 Å². The fraction of sp³-hybridized carbons (Fsp3) is 0.350. The maximum absolute atomic E-state index is 13.0. The molecule has 2 fully saturated rings. The van der Waals surface area contributed by atoms with E-state index in [9.17, 15) is 18.3 Å². The lowest BCUT2D eigenvalue weighted by Gasteiger charge is -2.25. The Hall–Kier alpha value is -2.42. The Morgan fingerprint density at radius 1 is 1.07 bits per heavy atom. The molecule has 0 spiro atoms. The molecule has 2 aromatic carbocycles. The number of rotatable bonds is 5. The van der Waals surface area contributed by atoms with Gasteiger partial charge in [-0.05, 0) is 29.8 Å². The molecule has 0 unspecified atom stereocenters. The second kappa shape index (κ2) is 7.20. The van der Waals surface area contributed by atoms with Crippen LogP contribution in [0.25, 0.3) is 0 Å². The molecule has 3 atom stereocenters. The first-order valence-corrected chi connectivity index (χ1v) is 10.5. The fourth-order valence-corrected chi connectivity index (χ4v) is 5.50. The van der Waals surface area contributed by atoms with Crippen molar-refractivity contribution in [3.05, 3.63) is 60.2 Å². The summed E-state index contributed by atoms with van der Waals surface area (Å²) in [7, 11) is -2.20. The molecule has 0 radical (unpaired) electrons. The number of methoxy groups -OCH3 is 1. The summed E-state index contributed by atoms with van der Waals surface area (Å²) in [6.07, 6.45) is -1.18. The second-order valence-electron chi connectivity index (χ2n) is 7.13. The van der Waals surface area contributed by atoms with Crippen LogP contribution in [-0.4, -0.2) is 61.0 Å². The average molecular weight is 402 g/mol. The van der Waals surface area contributed by atoms with Crippen LogP contribution in [0.2, 0.25) is 0 Å². The predicted octanol–water partition coefficient (Wildman–Crippen LogP) is 1.09. The maximum atomic E-state index is 13.0. The Labute approximate surface area is 164 Å². The minimum Gasteiger partial charge on any atom is -0.497 e. The number of carbonyl (C=O) groups is 1. The molecule has 2 aliphatic heterocycles. The van der Waals surface area contributed by atoms with Crippen molar-refractivity contribution in [3.63, 3.8) is 0 Å². The third kappa shape index (κ3) is 3.17. The predicted molar refractivity (Wildman–Crippen MR) is 102 cm³/mol. The Kier molecular flexibility index (Phi) is 4.86. The van der Waals surface area contributed by atoms with E-state index in [-0.39, 0.29) is 29.9 Å². The highest BCUT2D eigenvalue weighted by Crippen LogP contribution is 2.36. The molecule has 1 N–H and O–H groups in total. The summed E-state index contributed by atoms with van der Waals surface area (Å²) in [5, 5.41) is 10.4. The van der Waals surface area contributed by atoms with Crippen molar-refractivity contribution in [2.75, 3.05) is 20.2 Å². The fourth-order valence-electron chi connectivity index (χ4n) is 4.00. The smallest absolute Gasteiger partial charge is 0.252 e. The Bertz CT molecular complexity index is 962. The molecular weight excluding hydrogens is 380 g/mol. The number of hydrogen-bond acceptors (Lipinski definition) is 5. The zero-order valence-electron chi connectivity index (χ0n) is 15.4. The van der Waals surface area contributed by atoms with Gasteiger partial charge in [0.25, 0.3) is 5.91 Å². The minimum atomic E-state index is -3.71. The van der Waals surface area contributed by atoms with Crippen molar-refractivity contribution in [2.24, 2.45) is 5.92 Å². The van der Waals surface area contributed by atoms with E-state index in [1.807, 2.05) is 30.3 Å². The van der Waals surface area contributed by atoms with E-state index in [0.29, 0.717) is 12.3 Å². The van der Waals surface area contributed by atoms with Crippen molar-refractivity contribution < 1.29 is 23.1 Å². The number of benzene rings is 2. The van der Waals surface area contributed by atoms with Crippen LogP contribution in [-0.2, 0) is 21.4 Å².